The molecule has 6 rings (SSSR count). The standard InChI is InChI=1S/C43H50ClN3O2/c1-29-32(14-8-19-38-42-39(20-11-27-45-42)47-30(2)46-38)13-7-16-35(29)37-18-10-17-36(41(37)44)33-15-9-21-40(49-4)34(23-22-33)28-31-12-5-6-25-43(3,48)26-24-31/h7,10-11,13,15-18,20,22-23,27,31,48H,5-6,8-9,12,14,19,21,24-26,28H2,1-4H3/b23-22-,33-15+,40-34-. The summed E-state index contributed by atoms with van der Waals surface area (Å²) >= 11 is 7.30. The number of hydrogen-bond donors (Lipinski definition) is 1. The molecule has 2 aliphatic carbocycles. The molecule has 2 heterocycles. The van der Waals surface area contributed by atoms with Gasteiger partial charge in [-0.15, -0.1) is 0 Å². The molecule has 2 aromatic carbocycles. The van der Waals surface area contributed by atoms with Crippen molar-refractivity contribution in [1.29, 1.82) is 0 Å². The summed E-state index contributed by atoms with van der Waals surface area (Å²) in [5, 5.41) is 11.5. The summed E-state index contributed by atoms with van der Waals surface area (Å²) in [5.74, 6) is 2.41. The molecule has 1 saturated carbocycles. The molecule has 2 atom stereocenters. The average Bonchev–Trinajstić information content (AvgIpc) is 3.07. The van der Waals surface area contributed by atoms with Gasteiger partial charge >= 0.3 is 0 Å². The lowest BCUT2D eigenvalue weighted by Gasteiger charge is -2.30. The van der Waals surface area contributed by atoms with Crippen LogP contribution in [0.1, 0.15) is 99.3 Å². The van der Waals surface area contributed by atoms with Crippen molar-refractivity contribution in [3.63, 3.8) is 0 Å². The van der Waals surface area contributed by atoms with Crippen LogP contribution in [0.25, 0.3) is 27.7 Å². The van der Waals surface area contributed by atoms with E-state index in [1.807, 2.05) is 32.2 Å². The van der Waals surface area contributed by atoms with Gasteiger partial charge < -0.3 is 9.84 Å². The van der Waals surface area contributed by atoms with Gasteiger partial charge in [-0.2, -0.15) is 0 Å². The van der Waals surface area contributed by atoms with Crippen molar-refractivity contribution in [3.05, 3.63) is 118 Å². The van der Waals surface area contributed by atoms with Crippen LogP contribution in [0.4, 0.5) is 0 Å². The van der Waals surface area contributed by atoms with E-state index in [0.717, 1.165) is 114 Å². The van der Waals surface area contributed by atoms with Crippen molar-refractivity contribution in [1.82, 2.24) is 15.0 Å². The third-order valence-electron chi connectivity index (χ3n) is 10.5. The second kappa shape index (κ2) is 15.8. The van der Waals surface area contributed by atoms with E-state index in [4.69, 9.17) is 21.3 Å². The van der Waals surface area contributed by atoms with Crippen LogP contribution < -0.4 is 0 Å². The Labute approximate surface area is 297 Å². The van der Waals surface area contributed by atoms with Crippen LogP contribution >= 0.6 is 11.6 Å². The number of rotatable bonds is 9. The number of aliphatic hydroxyl groups is 1. The van der Waals surface area contributed by atoms with Crippen LogP contribution in [0.5, 0.6) is 0 Å². The highest BCUT2D eigenvalue weighted by Crippen LogP contribution is 2.39. The van der Waals surface area contributed by atoms with E-state index in [0.29, 0.717) is 5.92 Å². The number of fused-ring (bicyclic) bond motifs is 1. The average molecular weight is 676 g/mol. The van der Waals surface area contributed by atoms with Gasteiger partial charge in [0.2, 0.25) is 0 Å². The maximum atomic E-state index is 10.8. The number of nitrogens with zero attached hydrogens (tertiary/aromatic N) is 3. The second-order valence-corrected chi connectivity index (χ2v) is 14.6. The zero-order chi connectivity index (χ0) is 34.4. The summed E-state index contributed by atoms with van der Waals surface area (Å²) in [4.78, 5) is 13.9. The maximum absolute atomic E-state index is 10.8. The number of halogens is 1. The minimum atomic E-state index is -0.548. The Bertz CT molecular complexity index is 1890. The lowest BCUT2D eigenvalue weighted by atomic mass is 9.80. The fraction of sp³-hybridized carbons (Fsp3) is 0.419. The monoisotopic (exact) mass is 675 g/mol. The van der Waals surface area contributed by atoms with Gasteiger partial charge in [-0.05, 0) is 118 Å². The molecule has 2 aliphatic rings. The number of aryl methyl sites for hydroxylation is 3. The number of hydrogen-bond acceptors (Lipinski definition) is 5. The van der Waals surface area contributed by atoms with E-state index in [9.17, 15) is 5.11 Å². The van der Waals surface area contributed by atoms with Gasteiger partial charge in [-0.1, -0.05) is 85.5 Å². The molecule has 4 aromatic rings. The number of methoxy groups -OCH3 is 1. The molecule has 0 bridgehead atoms. The molecule has 1 fully saturated rings. The molecular weight excluding hydrogens is 626 g/mol. The number of pyridine rings is 1. The molecule has 1 N–H and O–H groups in total. The summed E-state index contributed by atoms with van der Waals surface area (Å²) in [6.07, 6.45) is 20.4. The van der Waals surface area contributed by atoms with Crippen LogP contribution in [0, 0.1) is 19.8 Å². The molecular formula is C43H50ClN3O2. The molecule has 49 heavy (non-hydrogen) atoms. The molecule has 6 heteroatoms. The summed E-state index contributed by atoms with van der Waals surface area (Å²) in [6.45, 7) is 6.16. The predicted octanol–water partition coefficient (Wildman–Crippen LogP) is 10.9. The van der Waals surface area contributed by atoms with E-state index in [2.05, 4.69) is 71.5 Å². The molecule has 2 unspecified atom stereocenters. The zero-order valence-electron chi connectivity index (χ0n) is 29.6. The van der Waals surface area contributed by atoms with Crippen molar-refractivity contribution in [2.24, 2.45) is 5.92 Å². The Morgan fingerprint density at radius 1 is 0.918 bits per heavy atom. The van der Waals surface area contributed by atoms with Crippen LogP contribution in [0.2, 0.25) is 5.02 Å². The summed E-state index contributed by atoms with van der Waals surface area (Å²) in [7, 11) is 1.80. The Morgan fingerprint density at radius 2 is 1.73 bits per heavy atom. The van der Waals surface area contributed by atoms with Crippen molar-refractivity contribution in [2.45, 2.75) is 103 Å². The van der Waals surface area contributed by atoms with Crippen LogP contribution in [0.3, 0.4) is 0 Å². The first-order valence-corrected chi connectivity index (χ1v) is 18.4. The lowest BCUT2D eigenvalue weighted by molar-refractivity contribution is 0.0263. The van der Waals surface area contributed by atoms with E-state index < -0.39 is 5.60 Å². The van der Waals surface area contributed by atoms with Gasteiger partial charge in [-0.3, -0.25) is 4.98 Å². The number of allylic oxidation sites excluding steroid dienone is 6. The largest absolute Gasteiger partial charge is 0.501 e. The van der Waals surface area contributed by atoms with E-state index in [1.165, 1.54) is 35.1 Å². The highest BCUT2D eigenvalue weighted by Gasteiger charge is 2.26. The van der Waals surface area contributed by atoms with Crippen molar-refractivity contribution in [3.8, 4) is 11.1 Å². The van der Waals surface area contributed by atoms with Crippen molar-refractivity contribution in [2.75, 3.05) is 7.11 Å². The second-order valence-electron chi connectivity index (χ2n) is 14.2. The summed E-state index contributed by atoms with van der Waals surface area (Å²) < 4.78 is 5.94. The van der Waals surface area contributed by atoms with Gasteiger partial charge in [0, 0.05) is 23.7 Å². The van der Waals surface area contributed by atoms with Gasteiger partial charge in [0.05, 0.1) is 34.7 Å². The highest BCUT2D eigenvalue weighted by molar-refractivity contribution is 6.35. The molecule has 0 radical (unpaired) electrons. The first-order valence-electron chi connectivity index (χ1n) is 18.0. The number of aromatic nitrogens is 3. The smallest absolute Gasteiger partial charge is 0.126 e. The predicted molar refractivity (Wildman–Crippen MR) is 203 cm³/mol. The lowest BCUT2D eigenvalue weighted by Crippen LogP contribution is -2.26. The topological polar surface area (TPSA) is 68.1 Å². The third-order valence-corrected chi connectivity index (χ3v) is 10.9. The van der Waals surface area contributed by atoms with Crippen molar-refractivity contribution >= 4 is 28.2 Å². The van der Waals surface area contributed by atoms with E-state index in [-0.39, 0.29) is 0 Å². The molecule has 0 saturated heterocycles. The van der Waals surface area contributed by atoms with Gasteiger partial charge in [0.25, 0.3) is 0 Å². The first kappa shape index (κ1) is 35.0. The third kappa shape index (κ3) is 8.51. The molecule has 5 nitrogen and oxygen atoms in total. The van der Waals surface area contributed by atoms with E-state index >= 15 is 0 Å². The Morgan fingerprint density at radius 3 is 2.59 bits per heavy atom. The molecule has 0 spiro atoms. The summed E-state index contributed by atoms with van der Waals surface area (Å²) in [6, 6.07) is 16.9. The zero-order valence-corrected chi connectivity index (χ0v) is 30.3. The minimum absolute atomic E-state index is 0.548. The normalized spacial score (nSPS) is 23.6. The van der Waals surface area contributed by atoms with Crippen LogP contribution in [-0.2, 0) is 17.6 Å². The summed E-state index contributed by atoms with van der Waals surface area (Å²) in [5.41, 5.74) is 10.6. The van der Waals surface area contributed by atoms with Gasteiger partial charge in [0.1, 0.15) is 11.3 Å². The minimum Gasteiger partial charge on any atom is -0.501 e. The number of ether oxygens (including phenoxy) is 1. The Hall–Kier alpha value is -3.80. The SMILES string of the molecule is CO/C1=C(CC2CCCCC(C)(O)CC2)/C=C\C(c2cccc(-c3cccc(CCCc4nc(C)nc5cccnc45)c3C)c2Cl)=C/CC1. The van der Waals surface area contributed by atoms with Gasteiger partial charge in [0.15, 0.2) is 0 Å². The van der Waals surface area contributed by atoms with Crippen molar-refractivity contribution < 1.29 is 9.84 Å². The molecule has 2 aromatic heterocycles. The van der Waals surface area contributed by atoms with Crippen LogP contribution in [0.15, 0.2) is 84.3 Å². The Kier molecular flexibility index (Phi) is 11.3. The van der Waals surface area contributed by atoms with E-state index in [1.54, 1.807) is 7.11 Å². The molecule has 256 valence electrons. The first-order chi connectivity index (χ1) is 23.7. The van der Waals surface area contributed by atoms with Gasteiger partial charge in [-0.25, -0.2) is 9.97 Å². The molecule has 0 amide bonds. The molecule has 0 aliphatic heterocycles. The maximum Gasteiger partial charge on any atom is 0.126 e. The fourth-order valence-electron chi connectivity index (χ4n) is 7.71. The number of benzene rings is 2. The Balaban J connectivity index is 1.20. The fourth-order valence-corrected chi connectivity index (χ4v) is 8.05. The quantitative estimate of drug-likeness (QED) is 0.191. The highest BCUT2D eigenvalue weighted by atomic mass is 35.5. The van der Waals surface area contributed by atoms with Crippen LogP contribution in [-0.4, -0.2) is 32.8 Å².